The van der Waals surface area contributed by atoms with Gasteiger partial charge in [-0.15, -0.1) is 0 Å². The van der Waals surface area contributed by atoms with E-state index in [-0.39, 0.29) is 11.9 Å². The van der Waals surface area contributed by atoms with Crippen LogP contribution in [0.25, 0.3) is 16.8 Å². The third-order valence-corrected chi connectivity index (χ3v) is 6.01. The fourth-order valence-corrected chi connectivity index (χ4v) is 4.36. The highest BCUT2D eigenvalue weighted by Gasteiger charge is 2.35. The van der Waals surface area contributed by atoms with Crippen molar-refractivity contribution in [3.05, 3.63) is 71.9 Å². The summed E-state index contributed by atoms with van der Waals surface area (Å²) in [6, 6.07) is 8.36. The van der Waals surface area contributed by atoms with Gasteiger partial charge < -0.3 is 9.30 Å². The maximum absolute atomic E-state index is 13.5. The average Bonchev–Trinajstić information content (AvgIpc) is 3.41. The predicted molar refractivity (Wildman–Crippen MR) is 118 cm³/mol. The number of aryl methyl sites for hydroxylation is 1. The molecule has 5 rings (SSSR count). The molecule has 4 heterocycles. The third kappa shape index (κ3) is 3.57. The van der Waals surface area contributed by atoms with E-state index in [0.717, 1.165) is 41.9 Å². The molecule has 0 spiro atoms. The Bertz CT molecular complexity index is 1340. The van der Waals surface area contributed by atoms with Gasteiger partial charge in [-0.25, -0.2) is 4.98 Å². The monoisotopic (exact) mass is 453 g/mol. The fourth-order valence-electron chi connectivity index (χ4n) is 4.36. The van der Waals surface area contributed by atoms with E-state index >= 15 is 0 Å². The lowest BCUT2D eigenvalue weighted by Crippen LogP contribution is -2.42. The van der Waals surface area contributed by atoms with Crippen LogP contribution in [0.4, 0.5) is 18.9 Å². The molecule has 33 heavy (non-hydrogen) atoms. The lowest BCUT2D eigenvalue weighted by atomic mass is 10.0. The van der Waals surface area contributed by atoms with Crippen LogP contribution in [0.2, 0.25) is 0 Å². The first-order chi connectivity index (χ1) is 15.8. The van der Waals surface area contributed by atoms with E-state index in [1.54, 1.807) is 10.9 Å². The predicted octanol–water partition coefficient (Wildman–Crippen LogP) is 5.39. The van der Waals surface area contributed by atoms with Crippen molar-refractivity contribution in [3.8, 4) is 11.1 Å². The number of nitrogens with zero attached hydrogens (tertiary/aromatic N) is 5. The lowest BCUT2D eigenvalue weighted by Gasteiger charge is -2.32. The number of amides is 1. The number of carbonyl (C=O) groups is 1. The summed E-state index contributed by atoms with van der Waals surface area (Å²) in [5.74, 6) is -0.292. The number of halogens is 3. The van der Waals surface area contributed by atoms with E-state index in [2.05, 4.69) is 17.0 Å². The molecule has 1 aromatic carbocycles. The molecule has 1 amide bonds. The standard InChI is InChI=1S/C24H22F3N5O/c1-3-4-19-11-28-21-10-5-16(14-30(19)21)20-12-29-32-15(2)13-31(23(33)22(20)32)18-8-6-17(7-9-18)24(25,26)27/h5-12,14-15H,3-4,13H2,1-2H3/t15-/m0/s1. The van der Waals surface area contributed by atoms with Crippen LogP contribution in [0.3, 0.4) is 0 Å². The summed E-state index contributed by atoms with van der Waals surface area (Å²) < 4.78 is 42.6. The van der Waals surface area contributed by atoms with Gasteiger partial charge in [-0.1, -0.05) is 13.3 Å². The van der Waals surface area contributed by atoms with Crippen LogP contribution < -0.4 is 4.90 Å². The number of imidazole rings is 1. The molecule has 1 atom stereocenters. The molecule has 1 aliphatic heterocycles. The van der Waals surface area contributed by atoms with E-state index in [0.29, 0.717) is 23.5 Å². The summed E-state index contributed by atoms with van der Waals surface area (Å²) in [7, 11) is 0. The normalized spacial score (nSPS) is 16.5. The molecule has 0 fully saturated rings. The molecule has 0 saturated heterocycles. The van der Waals surface area contributed by atoms with Crippen LogP contribution in [0.1, 0.15) is 48.1 Å². The minimum Gasteiger partial charge on any atom is -0.305 e. The molecule has 0 unspecified atom stereocenters. The summed E-state index contributed by atoms with van der Waals surface area (Å²) in [5, 5.41) is 4.46. The van der Waals surface area contributed by atoms with Gasteiger partial charge in [0.05, 0.1) is 17.8 Å². The molecule has 3 aromatic heterocycles. The number of hydrogen-bond acceptors (Lipinski definition) is 3. The van der Waals surface area contributed by atoms with E-state index in [1.165, 1.54) is 17.0 Å². The number of rotatable bonds is 4. The van der Waals surface area contributed by atoms with Crippen molar-refractivity contribution in [3.63, 3.8) is 0 Å². The average molecular weight is 453 g/mol. The van der Waals surface area contributed by atoms with Crippen LogP contribution in [0.15, 0.2) is 55.0 Å². The summed E-state index contributed by atoms with van der Waals surface area (Å²) >= 11 is 0. The summed E-state index contributed by atoms with van der Waals surface area (Å²) in [6.45, 7) is 4.36. The first-order valence-corrected chi connectivity index (χ1v) is 10.8. The van der Waals surface area contributed by atoms with Crippen molar-refractivity contribution in [2.75, 3.05) is 11.4 Å². The van der Waals surface area contributed by atoms with Crippen LogP contribution in [0, 0.1) is 0 Å². The van der Waals surface area contributed by atoms with E-state index in [4.69, 9.17) is 0 Å². The SMILES string of the molecule is CCCc1cnc2ccc(-c3cnn4c3C(=O)N(c3ccc(C(F)(F)F)cc3)C[C@@H]4C)cn12. The Morgan fingerprint density at radius 3 is 2.55 bits per heavy atom. The van der Waals surface area contributed by atoms with Gasteiger partial charge in [-0.3, -0.25) is 9.48 Å². The van der Waals surface area contributed by atoms with Gasteiger partial charge in [0, 0.05) is 41.4 Å². The van der Waals surface area contributed by atoms with E-state index in [9.17, 15) is 18.0 Å². The Morgan fingerprint density at radius 1 is 1.09 bits per heavy atom. The number of fused-ring (bicyclic) bond motifs is 2. The second kappa shape index (κ2) is 7.75. The molecule has 0 radical (unpaired) electrons. The van der Waals surface area contributed by atoms with Crippen molar-refractivity contribution in [1.29, 1.82) is 0 Å². The Balaban J connectivity index is 1.55. The lowest BCUT2D eigenvalue weighted by molar-refractivity contribution is -0.137. The van der Waals surface area contributed by atoms with Crippen molar-refractivity contribution < 1.29 is 18.0 Å². The molecular weight excluding hydrogens is 431 g/mol. The van der Waals surface area contributed by atoms with Gasteiger partial charge in [-0.05, 0) is 49.7 Å². The molecule has 170 valence electrons. The molecule has 4 aromatic rings. The number of alkyl halides is 3. The molecule has 0 bridgehead atoms. The quantitative estimate of drug-likeness (QED) is 0.416. The van der Waals surface area contributed by atoms with E-state index < -0.39 is 11.7 Å². The van der Waals surface area contributed by atoms with Crippen molar-refractivity contribution in [2.24, 2.45) is 0 Å². The van der Waals surface area contributed by atoms with Crippen LogP contribution in [-0.2, 0) is 12.6 Å². The third-order valence-electron chi connectivity index (χ3n) is 6.01. The first kappa shape index (κ1) is 21.2. The largest absolute Gasteiger partial charge is 0.416 e. The number of carbonyl (C=O) groups excluding carboxylic acids is 1. The molecule has 9 heteroatoms. The highest BCUT2D eigenvalue weighted by molar-refractivity contribution is 6.09. The Hall–Kier alpha value is -3.62. The minimum atomic E-state index is -4.42. The number of hydrogen-bond donors (Lipinski definition) is 0. The van der Waals surface area contributed by atoms with Crippen molar-refractivity contribution in [1.82, 2.24) is 19.2 Å². The molecule has 1 aliphatic rings. The Kier molecular flexibility index (Phi) is 4.99. The smallest absolute Gasteiger partial charge is 0.305 e. The van der Waals surface area contributed by atoms with Gasteiger partial charge >= 0.3 is 6.18 Å². The van der Waals surface area contributed by atoms with E-state index in [1.807, 2.05) is 35.9 Å². The second-order valence-corrected chi connectivity index (χ2v) is 8.31. The maximum Gasteiger partial charge on any atom is 0.416 e. The van der Waals surface area contributed by atoms with Gasteiger partial charge in [-0.2, -0.15) is 18.3 Å². The van der Waals surface area contributed by atoms with Gasteiger partial charge in [0.15, 0.2) is 0 Å². The van der Waals surface area contributed by atoms with Gasteiger partial charge in [0.25, 0.3) is 5.91 Å². The van der Waals surface area contributed by atoms with Crippen molar-refractivity contribution >= 4 is 17.2 Å². The molecule has 6 nitrogen and oxygen atoms in total. The number of benzene rings is 1. The minimum absolute atomic E-state index is 0.138. The van der Waals surface area contributed by atoms with Crippen LogP contribution in [-0.4, -0.2) is 31.6 Å². The zero-order chi connectivity index (χ0) is 23.3. The Morgan fingerprint density at radius 2 is 1.85 bits per heavy atom. The summed E-state index contributed by atoms with van der Waals surface area (Å²) in [5.41, 5.74) is 3.52. The van der Waals surface area contributed by atoms with Gasteiger partial charge in [0.2, 0.25) is 0 Å². The highest BCUT2D eigenvalue weighted by atomic mass is 19.4. The van der Waals surface area contributed by atoms with Crippen LogP contribution >= 0.6 is 0 Å². The topological polar surface area (TPSA) is 55.4 Å². The second-order valence-electron chi connectivity index (χ2n) is 8.31. The number of pyridine rings is 1. The highest BCUT2D eigenvalue weighted by Crippen LogP contribution is 2.35. The molecule has 0 saturated carbocycles. The van der Waals surface area contributed by atoms with Crippen LogP contribution in [0.5, 0.6) is 0 Å². The summed E-state index contributed by atoms with van der Waals surface area (Å²) in [6.07, 6.45) is 2.94. The zero-order valence-corrected chi connectivity index (χ0v) is 18.2. The molecule has 0 N–H and O–H groups in total. The van der Waals surface area contributed by atoms with Crippen molar-refractivity contribution in [2.45, 2.75) is 38.9 Å². The number of anilines is 1. The fraction of sp³-hybridized carbons (Fsp3) is 0.292. The summed E-state index contributed by atoms with van der Waals surface area (Å²) in [4.78, 5) is 19.5. The molecular formula is C24H22F3N5O. The number of aromatic nitrogens is 4. The maximum atomic E-state index is 13.5. The first-order valence-electron chi connectivity index (χ1n) is 10.8. The molecule has 0 aliphatic carbocycles. The zero-order valence-electron chi connectivity index (χ0n) is 18.2. The Labute approximate surface area is 188 Å². The van der Waals surface area contributed by atoms with Gasteiger partial charge in [0.1, 0.15) is 11.3 Å².